The van der Waals surface area contributed by atoms with E-state index in [2.05, 4.69) is 14.2 Å². The molecule has 0 radical (unpaired) electrons. The van der Waals surface area contributed by atoms with Gasteiger partial charge in [-0.2, -0.15) is 8.42 Å². The number of nitro benzene ring substituents is 1. The van der Waals surface area contributed by atoms with Crippen LogP contribution < -0.4 is 5.32 Å². The summed E-state index contributed by atoms with van der Waals surface area (Å²) in [6, 6.07) is 2.79. The van der Waals surface area contributed by atoms with E-state index < -0.39 is 126 Å². The predicted octanol–water partition coefficient (Wildman–Crippen LogP) is -2.44. The van der Waals surface area contributed by atoms with Crippen molar-refractivity contribution in [3.63, 3.8) is 0 Å². The van der Waals surface area contributed by atoms with Crippen LogP contribution in [0.25, 0.3) is 0 Å². The summed E-state index contributed by atoms with van der Waals surface area (Å²) in [7, 11) is -4.05. The van der Waals surface area contributed by atoms with Gasteiger partial charge in [-0.1, -0.05) is 25.7 Å². The molecule has 0 unspecified atom stereocenters. The lowest BCUT2D eigenvalue weighted by atomic mass is 9.94. The minimum absolute atomic E-state index is 0.0230. The Morgan fingerprint density at radius 3 is 1.95 bits per heavy atom. The van der Waals surface area contributed by atoms with E-state index in [1.807, 2.05) is 0 Å². The van der Waals surface area contributed by atoms with Crippen molar-refractivity contribution in [1.82, 2.24) is 5.32 Å². The second-order valence-electron chi connectivity index (χ2n) is 14.4. The highest BCUT2D eigenvalue weighted by molar-refractivity contribution is 7.80. The predicted molar refractivity (Wildman–Crippen MR) is 197 cm³/mol. The van der Waals surface area contributed by atoms with Gasteiger partial charge in [-0.3, -0.25) is 24.3 Å². The fourth-order valence-corrected chi connectivity index (χ4v) is 7.39. The largest absolute Gasteiger partial charge is 0.469 e. The molecule has 0 saturated carbocycles. The number of nitro groups is 1. The van der Waals surface area contributed by atoms with Gasteiger partial charge in [0.25, 0.3) is 11.6 Å². The fraction of sp³-hybridized carbons (Fsp3) is 0.771. The number of non-ortho nitro benzene ring substituents is 1. The summed E-state index contributed by atoms with van der Waals surface area (Å²) in [5, 5.41) is 88.1. The Labute approximate surface area is 344 Å². The first kappa shape index (κ1) is 49.6. The van der Waals surface area contributed by atoms with E-state index in [1.165, 1.54) is 14.0 Å². The number of aliphatic hydroxyl groups excluding tert-OH is 7. The Hall–Kier alpha value is -3.09. The minimum atomic E-state index is -5.36. The number of methoxy groups -OCH3 is 1. The number of esters is 1. The number of hydrogen-bond acceptors (Lipinski definition) is 21. The first-order valence-electron chi connectivity index (χ1n) is 19.2. The van der Waals surface area contributed by atoms with Crippen molar-refractivity contribution in [2.24, 2.45) is 0 Å². The normalized spacial score (nSPS) is 34.8. The zero-order chi connectivity index (χ0) is 44.3. The van der Waals surface area contributed by atoms with E-state index in [9.17, 15) is 68.4 Å². The summed E-state index contributed by atoms with van der Waals surface area (Å²) >= 11 is 0. The number of nitrogens with zero attached hydrogens (tertiary/aromatic N) is 1. The Balaban J connectivity index is 1.69. The number of carbonyl (C=O) groups is 2. The Morgan fingerprint density at radius 2 is 1.35 bits per heavy atom. The maximum atomic E-state index is 13.8. The van der Waals surface area contributed by atoms with Gasteiger partial charge >= 0.3 is 16.4 Å². The van der Waals surface area contributed by atoms with Crippen LogP contribution >= 0.6 is 0 Å². The number of hydrogen-bond donors (Lipinski definition) is 9. The van der Waals surface area contributed by atoms with E-state index >= 15 is 0 Å². The Morgan fingerprint density at radius 1 is 0.767 bits per heavy atom. The van der Waals surface area contributed by atoms with Crippen LogP contribution in [0.5, 0.6) is 0 Å². The van der Waals surface area contributed by atoms with Crippen molar-refractivity contribution in [3.05, 3.63) is 39.9 Å². The SMILES string of the molecule is COC(=O)CCCCCCCCO[C@@H]1O[C@H](CO)[C@@H](O[C@@H]2O[C@@H](C)[C@@H](O)[C@@H](O)[C@@H]2O)[C@H](O[C@@H]2O[C@H](CO)[C@H](O)[C@H](OS(=O)(=O)O)[C@H]2O)[C@H]1NC(=O)c1ccc([N+](=O)[O-])cc1. The molecule has 9 N–H and O–H groups in total. The van der Waals surface area contributed by atoms with Gasteiger partial charge in [0.1, 0.15) is 67.1 Å². The molecule has 24 nitrogen and oxygen atoms in total. The summed E-state index contributed by atoms with van der Waals surface area (Å²) in [6.07, 6.45) is -20.9. The third kappa shape index (κ3) is 13.2. The van der Waals surface area contributed by atoms with Gasteiger partial charge in [-0.05, 0) is 31.9 Å². The number of amides is 1. The van der Waals surface area contributed by atoms with Crippen LogP contribution in [0.1, 0.15) is 62.2 Å². The summed E-state index contributed by atoms with van der Waals surface area (Å²) in [6.45, 7) is -0.566. The van der Waals surface area contributed by atoms with Gasteiger partial charge < -0.3 is 74.2 Å². The van der Waals surface area contributed by atoms with Crippen molar-refractivity contribution in [1.29, 1.82) is 0 Å². The first-order chi connectivity index (χ1) is 28.4. The van der Waals surface area contributed by atoms with Gasteiger partial charge in [0.05, 0.1) is 31.4 Å². The maximum Gasteiger partial charge on any atom is 0.397 e. The number of ether oxygens (including phenoxy) is 7. The van der Waals surface area contributed by atoms with E-state index in [4.69, 9.17) is 28.4 Å². The second kappa shape index (κ2) is 22.8. The summed E-state index contributed by atoms with van der Waals surface area (Å²) < 4.78 is 77.6. The highest BCUT2D eigenvalue weighted by Crippen LogP contribution is 2.35. The van der Waals surface area contributed by atoms with Crippen LogP contribution in [0.3, 0.4) is 0 Å². The average Bonchev–Trinajstić information content (AvgIpc) is 3.21. The fourth-order valence-electron chi connectivity index (χ4n) is 6.88. The van der Waals surface area contributed by atoms with Crippen molar-refractivity contribution in [2.75, 3.05) is 26.9 Å². The molecule has 1 aromatic carbocycles. The van der Waals surface area contributed by atoms with Gasteiger partial charge in [0.2, 0.25) is 0 Å². The molecule has 3 saturated heterocycles. The molecule has 3 aliphatic heterocycles. The molecular formula is C35H54N2O22S. The minimum Gasteiger partial charge on any atom is -0.469 e. The zero-order valence-corrected chi connectivity index (χ0v) is 33.5. The second-order valence-corrected chi connectivity index (χ2v) is 15.5. The lowest BCUT2D eigenvalue weighted by Crippen LogP contribution is -2.70. The molecule has 3 aliphatic rings. The van der Waals surface area contributed by atoms with Crippen molar-refractivity contribution in [2.45, 2.75) is 144 Å². The van der Waals surface area contributed by atoms with Crippen LogP contribution in [0, 0.1) is 10.1 Å². The maximum absolute atomic E-state index is 13.8. The van der Waals surface area contributed by atoms with Crippen molar-refractivity contribution < 1.29 is 101 Å². The van der Waals surface area contributed by atoms with Crippen LogP contribution in [-0.2, 0) is 52.5 Å². The number of benzene rings is 1. The monoisotopic (exact) mass is 886 g/mol. The standard InChI is InChI=1S/C35H54N2O22S/c1-17-24(41)26(43)27(44)34(54-17)57-29-21(16-39)56-33(53-14-8-6-4-3-5-7-9-22(40)52-2)23(36-32(46)18-10-12-19(13-11-18)37(47)48)30(29)58-35-28(45)31(59-60(49,50)51)25(42)20(15-38)55-35/h10-13,17,20-21,23-31,33-35,38-39,41-45H,3-9,14-16H2,1-2H3,(H,36,46)(H,49,50,51)/t17-,20+,21+,23+,24+,25-,26+,27-,28+,29+,30+,31-,33+,34-,35-/m0/s1. The highest BCUT2D eigenvalue weighted by atomic mass is 32.3. The van der Waals surface area contributed by atoms with Crippen LogP contribution in [0.4, 0.5) is 5.69 Å². The zero-order valence-electron chi connectivity index (χ0n) is 32.7. The van der Waals surface area contributed by atoms with E-state index in [-0.39, 0.29) is 30.2 Å². The number of aliphatic hydroxyl groups is 7. The number of rotatable bonds is 21. The molecule has 15 atom stereocenters. The lowest BCUT2D eigenvalue weighted by molar-refractivity contribution is -0.384. The third-order valence-corrected chi connectivity index (χ3v) is 10.7. The summed E-state index contributed by atoms with van der Waals surface area (Å²) in [4.78, 5) is 35.8. The average molecular weight is 887 g/mol. The molecule has 1 aromatic rings. The van der Waals surface area contributed by atoms with Gasteiger partial charge in [-0.15, -0.1) is 0 Å². The number of nitrogens with one attached hydrogen (secondary N) is 1. The van der Waals surface area contributed by atoms with E-state index in [1.54, 1.807) is 0 Å². The molecule has 25 heteroatoms. The molecule has 3 fully saturated rings. The molecule has 1 amide bonds. The topological polar surface area (TPSA) is 359 Å². The smallest absolute Gasteiger partial charge is 0.397 e. The molecule has 342 valence electrons. The van der Waals surface area contributed by atoms with Crippen molar-refractivity contribution >= 4 is 28.0 Å². The third-order valence-electron chi connectivity index (χ3n) is 10.2. The Bertz CT molecular complexity index is 1640. The van der Waals surface area contributed by atoms with Gasteiger partial charge in [0.15, 0.2) is 18.9 Å². The summed E-state index contributed by atoms with van der Waals surface area (Å²) in [5.41, 5.74) is -0.459. The molecule has 0 bridgehead atoms. The molecule has 0 aliphatic carbocycles. The first-order valence-corrected chi connectivity index (χ1v) is 20.6. The van der Waals surface area contributed by atoms with E-state index in [0.29, 0.717) is 19.3 Å². The van der Waals surface area contributed by atoms with Gasteiger partial charge in [-0.25, -0.2) is 4.18 Å². The molecule has 0 spiro atoms. The molecule has 60 heavy (non-hydrogen) atoms. The molecule has 4 rings (SSSR count). The molecule has 3 heterocycles. The van der Waals surface area contributed by atoms with Crippen LogP contribution in [0.2, 0.25) is 0 Å². The highest BCUT2D eigenvalue weighted by Gasteiger charge is 2.55. The van der Waals surface area contributed by atoms with Crippen molar-refractivity contribution in [3.8, 4) is 0 Å². The van der Waals surface area contributed by atoms with Gasteiger partial charge in [0, 0.05) is 30.7 Å². The number of unbranched alkanes of at least 4 members (excludes halogenated alkanes) is 5. The molecule has 0 aromatic heterocycles. The van der Waals surface area contributed by atoms with Crippen LogP contribution in [-0.4, -0.2) is 185 Å². The summed E-state index contributed by atoms with van der Waals surface area (Å²) in [5.74, 6) is -1.21. The van der Waals surface area contributed by atoms with Crippen LogP contribution in [0.15, 0.2) is 24.3 Å². The van der Waals surface area contributed by atoms with E-state index in [0.717, 1.165) is 43.5 Å². The number of carbonyl (C=O) groups excluding carboxylic acids is 2. The Kier molecular flexibility index (Phi) is 18.9. The molecular weight excluding hydrogens is 832 g/mol. The quantitative estimate of drug-likeness (QED) is 0.0203. The lowest BCUT2D eigenvalue weighted by Gasteiger charge is -2.50.